The second-order valence-corrected chi connectivity index (χ2v) is 5.06. The molecule has 1 aliphatic rings. The minimum atomic E-state index is -0.268. The summed E-state index contributed by atoms with van der Waals surface area (Å²) in [4.78, 5) is 16.4. The van der Waals surface area contributed by atoms with Crippen LogP contribution in [0.25, 0.3) is 0 Å². The van der Waals surface area contributed by atoms with Crippen molar-refractivity contribution in [3.05, 3.63) is 23.9 Å². The van der Waals surface area contributed by atoms with Crippen molar-refractivity contribution in [1.29, 1.82) is 0 Å². The first-order valence-electron chi connectivity index (χ1n) is 6.72. The molecule has 5 heteroatoms. The normalized spacial score (nSPS) is 17.8. The zero-order valence-corrected chi connectivity index (χ0v) is 11.3. The highest BCUT2D eigenvalue weighted by Gasteiger charge is 2.33. The zero-order chi connectivity index (χ0) is 13.7. The van der Waals surface area contributed by atoms with Crippen LogP contribution in [0.5, 0.6) is 5.88 Å². The van der Waals surface area contributed by atoms with Crippen LogP contribution in [-0.4, -0.2) is 30.1 Å². The molecule has 1 heterocycles. The molecule has 0 spiro atoms. The van der Waals surface area contributed by atoms with Gasteiger partial charge in [-0.15, -0.1) is 0 Å². The first-order valence-corrected chi connectivity index (χ1v) is 6.72. The number of pyridine rings is 1. The molecule has 1 aliphatic carbocycles. The molecule has 0 aliphatic heterocycles. The van der Waals surface area contributed by atoms with Gasteiger partial charge in [-0.25, -0.2) is 4.98 Å². The van der Waals surface area contributed by atoms with Crippen LogP contribution in [0.2, 0.25) is 0 Å². The number of nitrogens with zero attached hydrogens (tertiary/aromatic N) is 1. The highest BCUT2D eigenvalue weighted by molar-refractivity contribution is 5.96. The third-order valence-electron chi connectivity index (χ3n) is 3.79. The Bertz CT molecular complexity index is 442. The maximum absolute atomic E-state index is 12.4. The van der Waals surface area contributed by atoms with Gasteiger partial charge in [-0.3, -0.25) is 4.79 Å². The smallest absolute Gasteiger partial charge is 0.257 e. The SMILES string of the molecule is COc1ncccc1C(=O)NC1(CN)CCCCC1. The van der Waals surface area contributed by atoms with Crippen LogP contribution in [0.4, 0.5) is 0 Å². The summed E-state index contributed by atoms with van der Waals surface area (Å²) in [6.45, 7) is 0.474. The molecule has 3 N–H and O–H groups in total. The second kappa shape index (κ2) is 6.02. The predicted octanol–water partition coefficient (Wildman–Crippen LogP) is 1.48. The Labute approximate surface area is 113 Å². The molecule has 1 amide bonds. The molecule has 19 heavy (non-hydrogen) atoms. The van der Waals surface area contributed by atoms with Crippen molar-refractivity contribution in [1.82, 2.24) is 10.3 Å². The number of carbonyl (C=O) groups excluding carboxylic acids is 1. The van der Waals surface area contributed by atoms with Crippen molar-refractivity contribution >= 4 is 5.91 Å². The predicted molar refractivity (Wildman–Crippen MR) is 73.1 cm³/mol. The Morgan fingerprint density at radius 3 is 2.84 bits per heavy atom. The van der Waals surface area contributed by atoms with Gasteiger partial charge < -0.3 is 15.8 Å². The van der Waals surface area contributed by atoms with Gasteiger partial charge in [0.2, 0.25) is 5.88 Å². The van der Waals surface area contributed by atoms with Gasteiger partial charge in [-0.05, 0) is 25.0 Å². The standard InChI is InChI=1S/C14H21N3O2/c1-19-13-11(6-5-9-16-13)12(18)17-14(10-15)7-3-2-4-8-14/h5-6,9H,2-4,7-8,10,15H2,1H3,(H,17,18). The molecule has 1 saturated carbocycles. The van der Waals surface area contributed by atoms with E-state index in [2.05, 4.69) is 10.3 Å². The Balaban J connectivity index is 2.15. The fourth-order valence-corrected chi connectivity index (χ4v) is 2.64. The molecule has 0 saturated heterocycles. The van der Waals surface area contributed by atoms with E-state index in [1.165, 1.54) is 13.5 Å². The van der Waals surface area contributed by atoms with Gasteiger partial charge in [0.05, 0.1) is 12.6 Å². The number of aromatic nitrogens is 1. The number of methoxy groups -OCH3 is 1. The minimum Gasteiger partial charge on any atom is -0.480 e. The second-order valence-electron chi connectivity index (χ2n) is 5.06. The number of hydrogen-bond donors (Lipinski definition) is 2. The lowest BCUT2D eigenvalue weighted by molar-refractivity contribution is 0.0871. The van der Waals surface area contributed by atoms with E-state index in [0.717, 1.165) is 25.7 Å². The van der Waals surface area contributed by atoms with E-state index in [4.69, 9.17) is 10.5 Å². The molecule has 5 nitrogen and oxygen atoms in total. The highest BCUT2D eigenvalue weighted by atomic mass is 16.5. The minimum absolute atomic E-state index is 0.155. The summed E-state index contributed by atoms with van der Waals surface area (Å²) in [5.41, 5.74) is 6.07. The number of nitrogens with one attached hydrogen (secondary N) is 1. The average molecular weight is 263 g/mol. The lowest BCUT2D eigenvalue weighted by Crippen LogP contribution is -2.54. The monoisotopic (exact) mass is 263 g/mol. The van der Waals surface area contributed by atoms with Crippen LogP contribution < -0.4 is 15.8 Å². The molecule has 2 rings (SSSR count). The van der Waals surface area contributed by atoms with E-state index in [-0.39, 0.29) is 11.4 Å². The van der Waals surface area contributed by atoms with E-state index in [9.17, 15) is 4.79 Å². The van der Waals surface area contributed by atoms with Crippen LogP contribution in [0.3, 0.4) is 0 Å². The Kier molecular flexibility index (Phi) is 4.37. The van der Waals surface area contributed by atoms with Gasteiger partial charge >= 0.3 is 0 Å². The van der Waals surface area contributed by atoms with Crippen LogP contribution in [-0.2, 0) is 0 Å². The van der Waals surface area contributed by atoms with Crippen LogP contribution in [0, 0.1) is 0 Å². The van der Waals surface area contributed by atoms with Gasteiger partial charge in [-0.1, -0.05) is 19.3 Å². The summed E-state index contributed by atoms with van der Waals surface area (Å²) in [5.74, 6) is 0.195. The summed E-state index contributed by atoms with van der Waals surface area (Å²) < 4.78 is 5.12. The number of amides is 1. The van der Waals surface area contributed by atoms with Crippen molar-refractivity contribution in [3.63, 3.8) is 0 Å². The lowest BCUT2D eigenvalue weighted by Gasteiger charge is -2.37. The summed E-state index contributed by atoms with van der Waals surface area (Å²) in [5, 5.41) is 3.09. The van der Waals surface area contributed by atoms with E-state index in [1.54, 1.807) is 18.3 Å². The first kappa shape index (κ1) is 13.8. The lowest BCUT2D eigenvalue weighted by atomic mass is 9.81. The molecular formula is C14H21N3O2. The summed E-state index contributed by atoms with van der Waals surface area (Å²) in [6, 6.07) is 3.45. The molecule has 0 bridgehead atoms. The number of rotatable bonds is 4. The fourth-order valence-electron chi connectivity index (χ4n) is 2.64. The van der Waals surface area contributed by atoms with Gasteiger partial charge in [-0.2, -0.15) is 0 Å². The van der Waals surface area contributed by atoms with Crippen molar-refractivity contribution < 1.29 is 9.53 Å². The molecule has 1 aromatic rings. The molecule has 104 valence electrons. The van der Waals surface area contributed by atoms with Gasteiger partial charge in [0.1, 0.15) is 5.56 Å². The number of hydrogen-bond acceptors (Lipinski definition) is 4. The molecule has 0 radical (unpaired) electrons. The Morgan fingerprint density at radius 2 is 2.21 bits per heavy atom. The van der Waals surface area contributed by atoms with Gasteiger partial charge in [0, 0.05) is 12.7 Å². The average Bonchev–Trinajstić information content (AvgIpc) is 2.48. The Hall–Kier alpha value is -1.62. The summed E-state index contributed by atoms with van der Waals surface area (Å²) in [7, 11) is 1.51. The van der Waals surface area contributed by atoms with Gasteiger partial charge in [0.25, 0.3) is 5.91 Å². The van der Waals surface area contributed by atoms with Crippen molar-refractivity contribution in [2.45, 2.75) is 37.6 Å². The summed E-state index contributed by atoms with van der Waals surface area (Å²) >= 11 is 0. The summed E-state index contributed by atoms with van der Waals surface area (Å²) in [6.07, 6.45) is 6.93. The molecule has 1 fully saturated rings. The zero-order valence-electron chi connectivity index (χ0n) is 11.3. The number of ether oxygens (including phenoxy) is 1. The third-order valence-corrected chi connectivity index (χ3v) is 3.79. The number of nitrogens with two attached hydrogens (primary N) is 1. The van der Waals surface area contributed by atoms with E-state index in [1.807, 2.05) is 0 Å². The highest BCUT2D eigenvalue weighted by Crippen LogP contribution is 2.28. The molecule has 0 unspecified atom stereocenters. The van der Waals surface area contributed by atoms with Crippen molar-refractivity contribution in [2.75, 3.05) is 13.7 Å². The maximum atomic E-state index is 12.4. The van der Waals surface area contributed by atoms with E-state index >= 15 is 0 Å². The quantitative estimate of drug-likeness (QED) is 0.862. The van der Waals surface area contributed by atoms with Crippen LogP contribution in [0.1, 0.15) is 42.5 Å². The topological polar surface area (TPSA) is 77.2 Å². The molecule has 0 aromatic carbocycles. The number of carbonyl (C=O) groups is 1. The molecule has 1 aromatic heterocycles. The van der Waals surface area contributed by atoms with Crippen molar-refractivity contribution in [2.24, 2.45) is 5.73 Å². The largest absolute Gasteiger partial charge is 0.480 e. The Morgan fingerprint density at radius 1 is 1.47 bits per heavy atom. The first-order chi connectivity index (χ1) is 9.21. The fraction of sp³-hybridized carbons (Fsp3) is 0.571. The molecule has 0 atom stereocenters. The van der Waals surface area contributed by atoms with Crippen LogP contribution in [0.15, 0.2) is 18.3 Å². The van der Waals surface area contributed by atoms with Crippen LogP contribution >= 0.6 is 0 Å². The maximum Gasteiger partial charge on any atom is 0.257 e. The molecular weight excluding hydrogens is 242 g/mol. The van der Waals surface area contributed by atoms with E-state index < -0.39 is 0 Å². The van der Waals surface area contributed by atoms with Gasteiger partial charge in [0.15, 0.2) is 0 Å². The van der Waals surface area contributed by atoms with Crippen molar-refractivity contribution in [3.8, 4) is 5.88 Å². The third kappa shape index (κ3) is 3.04. The van der Waals surface area contributed by atoms with E-state index in [0.29, 0.717) is 18.0 Å².